The number of amides is 1. The molecule has 8 heteroatoms. The van der Waals surface area contributed by atoms with Crippen LogP contribution in [-0.2, 0) is 4.79 Å². The van der Waals surface area contributed by atoms with Crippen LogP contribution in [0.4, 0.5) is 5.69 Å². The summed E-state index contributed by atoms with van der Waals surface area (Å²) in [7, 11) is 0. The molecule has 0 bridgehead atoms. The van der Waals surface area contributed by atoms with Crippen molar-refractivity contribution < 1.29 is 19.6 Å². The molecule has 0 unspecified atom stereocenters. The van der Waals surface area contributed by atoms with E-state index in [-0.39, 0.29) is 17.0 Å². The Hall–Kier alpha value is -2.15. The molecular weight excluding hydrogens is 276 g/mol. The predicted octanol–water partition coefficient (Wildman–Crippen LogP) is 1.84. The molecule has 0 radical (unpaired) electrons. The van der Waals surface area contributed by atoms with E-state index >= 15 is 0 Å². The van der Waals surface area contributed by atoms with E-state index in [4.69, 9.17) is 16.7 Å². The first-order chi connectivity index (χ1) is 8.88. The van der Waals surface area contributed by atoms with Gasteiger partial charge >= 0.3 is 5.97 Å². The van der Waals surface area contributed by atoms with Crippen molar-refractivity contribution in [2.24, 2.45) is 0 Å². The van der Waals surface area contributed by atoms with Gasteiger partial charge in [0, 0.05) is 6.07 Å². The number of aliphatic carboxylic acids is 1. The zero-order valence-electron chi connectivity index (χ0n) is 9.92. The fourth-order valence-electron chi connectivity index (χ4n) is 1.46. The summed E-state index contributed by atoms with van der Waals surface area (Å²) in [5, 5.41) is 21.7. The number of carbonyl (C=O) groups is 2. The van der Waals surface area contributed by atoms with Crippen molar-refractivity contribution in [3.63, 3.8) is 0 Å². The molecule has 0 fully saturated rings. The predicted molar refractivity (Wildman–Crippen MR) is 67.3 cm³/mol. The Labute approximate surface area is 113 Å². The van der Waals surface area contributed by atoms with Crippen LogP contribution in [0, 0.1) is 10.1 Å². The molecule has 7 nitrogen and oxygen atoms in total. The molecule has 0 aliphatic rings. The van der Waals surface area contributed by atoms with Crippen LogP contribution in [0.5, 0.6) is 0 Å². The van der Waals surface area contributed by atoms with Gasteiger partial charge in [0.1, 0.15) is 11.6 Å². The number of carboxylic acids is 1. The van der Waals surface area contributed by atoms with E-state index < -0.39 is 28.5 Å². The highest BCUT2D eigenvalue weighted by Crippen LogP contribution is 2.26. The Balaban J connectivity index is 3.12. The molecule has 0 saturated heterocycles. The molecule has 1 rings (SSSR count). The molecule has 0 saturated carbocycles. The number of benzene rings is 1. The third-order valence-electron chi connectivity index (χ3n) is 2.43. The molecule has 0 aliphatic carbocycles. The van der Waals surface area contributed by atoms with Crippen molar-refractivity contribution in [1.82, 2.24) is 5.32 Å². The molecule has 1 aromatic carbocycles. The Morgan fingerprint density at radius 2 is 2.16 bits per heavy atom. The smallest absolute Gasteiger partial charge is 0.326 e. The fourth-order valence-corrected chi connectivity index (χ4v) is 1.71. The molecular formula is C11H11ClN2O5. The van der Waals surface area contributed by atoms with E-state index in [1.807, 2.05) is 0 Å². The SMILES string of the molecule is CC[C@H](NC(=O)c1c(Cl)cccc1[N+](=O)[O-])C(=O)O. The second-order valence-corrected chi connectivity index (χ2v) is 4.07. The lowest BCUT2D eigenvalue weighted by atomic mass is 10.1. The minimum absolute atomic E-state index is 0.105. The molecule has 0 aliphatic heterocycles. The number of carbonyl (C=O) groups excluding carboxylic acids is 1. The highest BCUT2D eigenvalue weighted by Gasteiger charge is 2.26. The minimum Gasteiger partial charge on any atom is -0.480 e. The van der Waals surface area contributed by atoms with Gasteiger partial charge in [-0.1, -0.05) is 24.6 Å². The molecule has 0 spiro atoms. The average Bonchev–Trinajstić information content (AvgIpc) is 2.34. The van der Waals surface area contributed by atoms with Crippen LogP contribution in [0.3, 0.4) is 0 Å². The maximum absolute atomic E-state index is 11.9. The van der Waals surface area contributed by atoms with E-state index in [9.17, 15) is 19.7 Å². The van der Waals surface area contributed by atoms with Gasteiger partial charge in [0.2, 0.25) is 0 Å². The van der Waals surface area contributed by atoms with Crippen LogP contribution >= 0.6 is 11.6 Å². The Bertz CT molecular complexity index is 532. The van der Waals surface area contributed by atoms with Crippen molar-refractivity contribution in [1.29, 1.82) is 0 Å². The second-order valence-electron chi connectivity index (χ2n) is 3.66. The molecule has 1 aromatic rings. The van der Waals surface area contributed by atoms with Gasteiger partial charge in [-0.05, 0) is 12.5 Å². The molecule has 2 N–H and O–H groups in total. The molecule has 0 heterocycles. The molecule has 1 amide bonds. The lowest BCUT2D eigenvalue weighted by Crippen LogP contribution is -2.40. The first-order valence-corrected chi connectivity index (χ1v) is 5.72. The van der Waals surface area contributed by atoms with Crippen LogP contribution in [0.2, 0.25) is 5.02 Å². The topological polar surface area (TPSA) is 110 Å². The van der Waals surface area contributed by atoms with E-state index in [2.05, 4.69) is 5.32 Å². The van der Waals surface area contributed by atoms with Crippen molar-refractivity contribution in [2.75, 3.05) is 0 Å². The number of nitro groups is 1. The molecule has 19 heavy (non-hydrogen) atoms. The first-order valence-electron chi connectivity index (χ1n) is 5.35. The van der Waals surface area contributed by atoms with Crippen LogP contribution in [0.1, 0.15) is 23.7 Å². The van der Waals surface area contributed by atoms with Gasteiger partial charge in [-0.25, -0.2) is 4.79 Å². The van der Waals surface area contributed by atoms with Crippen molar-refractivity contribution in [3.05, 3.63) is 38.9 Å². The highest BCUT2D eigenvalue weighted by atomic mass is 35.5. The normalized spacial score (nSPS) is 11.7. The fraction of sp³-hybridized carbons (Fsp3) is 0.273. The molecule has 1 atom stereocenters. The van der Waals surface area contributed by atoms with Crippen LogP contribution in [-0.4, -0.2) is 27.9 Å². The highest BCUT2D eigenvalue weighted by molar-refractivity contribution is 6.34. The van der Waals surface area contributed by atoms with Gasteiger partial charge in [0.25, 0.3) is 11.6 Å². The first kappa shape index (κ1) is 14.9. The van der Waals surface area contributed by atoms with Crippen LogP contribution < -0.4 is 5.32 Å². The number of carboxylic acid groups (broad SMARTS) is 1. The minimum atomic E-state index is -1.22. The number of hydrogen-bond donors (Lipinski definition) is 2. The molecule has 0 aromatic heterocycles. The Kier molecular flexibility index (Phi) is 4.82. The van der Waals surface area contributed by atoms with Crippen molar-refractivity contribution in [3.8, 4) is 0 Å². The van der Waals surface area contributed by atoms with Crippen molar-refractivity contribution in [2.45, 2.75) is 19.4 Å². The number of halogens is 1. The quantitative estimate of drug-likeness (QED) is 0.634. The average molecular weight is 287 g/mol. The van der Waals surface area contributed by atoms with Gasteiger partial charge in [-0.3, -0.25) is 14.9 Å². The third kappa shape index (κ3) is 3.41. The lowest BCUT2D eigenvalue weighted by Gasteiger charge is -2.12. The van der Waals surface area contributed by atoms with Gasteiger partial charge in [-0.2, -0.15) is 0 Å². The summed E-state index contributed by atoms with van der Waals surface area (Å²) in [6.07, 6.45) is 0.152. The van der Waals surface area contributed by atoms with Gasteiger partial charge in [0.05, 0.1) is 9.95 Å². The monoisotopic (exact) mass is 286 g/mol. The summed E-state index contributed by atoms with van der Waals surface area (Å²) >= 11 is 5.76. The van der Waals surface area contributed by atoms with Gasteiger partial charge < -0.3 is 10.4 Å². The van der Waals surface area contributed by atoms with E-state index in [1.165, 1.54) is 12.1 Å². The van der Waals surface area contributed by atoms with Crippen molar-refractivity contribution >= 4 is 29.2 Å². The lowest BCUT2D eigenvalue weighted by molar-refractivity contribution is -0.385. The second kappa shape index (κ2) is 6.14. The summed E-state index contributed by atoms with van der Waals surface area (Å²) < 4.78 is 0. The summed E-state index contributed by atoms with van der Waals surface area (Å²) in [5.41, 5.74) is -0.806. The van der Waals surface area contributed by atoms with Crippen LogP contribution in [0.25, 0.3) is 0 Å². The van der Waals surface area contributed by atoms with E-state index in [0.717, 1.165) is 6.07 Å². The summed E-state index contributed by atoms with van der Waals surface area (Å²) in [4.78, 5) is 32.8. The Morgan fingerprint density at radius 3 is 2.63 bits per heavy atom. The zero-order valence-corrected chi connectivity index (χ0v) is 10.7. The third-order valence-corrected chi connectivity index (χ3v) is 2.74. The number of rotatable bonds is 5. The zero-order chi connectivity index (χ0) is 14.6. The largest absolute Gasteiger partial charge is 0.480 e. The molecule has 102 valence electrons. The van der Waals surface area contributed by atoms with Crippen LogP contribution in [0.15, 0.2) is 18.2 Å². The summed E-state index contributed by atoms with van der Waals surface area (Å²) in [6, 6.07) is 2.67. The number of nitro benzene ring substituents is 1. The maximum atomic E-state index is 11.9. The summed E-state index contributed by atoms with van der Waals surface area (Å²) in [5.74, 6) is -2.10. The van der Waals surface area contributed by atoms with E-state index in [1.54, 1.807) is 6.92 Å². The van der Waals surface area contributed by atoms with Gasteiger partial charge in [-0.15, -0.1) is 0 Å². The summed E-state index contributed by atoms with van der Waals surface area (Å²) in [6.45, 7) is 1.57. The van der Waals surface area contributed by atoms with E-state index in [0.29, 0.717) is 0 Å². The standard InChI is InChI=1S/C11H11ClN2O5/c1-2-7(11(16)17)13-10(15)9-6(12)4-3-5-8(9)14(18)19/h3-5,7H,2H2,1H3,(H,13,15)(H,16,17)/t7-/m0/s1. The maximum Gasteiger partial charge on any atom is 0.326 e. The number of nitrogens with one attached hydrogen (secondary N) is 1. The number of nitrogens with zero attached hydrogens (tertiary/aromatic N) is 1. The Morgan fingerprint density at radius 1 is 1.53 bits per heavy atom. The van der Waals surface area contributed by atoms with Gasteiger partial charge in [0.15, 0.2) is 0 Å². The number of hydrogen-bond acceptors (Lipinski definition) is 4.